The van der Waals surface area contributed by atoms with Gasteiger partial charge < -0.3 is 10.4 Å². The molecule has 19 heavy (non-hydrogen) atoms. The molecule has 0 aliphatic heterocycles. The van der Waals surface area contributed by atoms with Crippen LogP contribution in [0, 0.1) is 23.5 Å². The van der Waals surface area contributed by atoms with Gasteiger partial charge in [-0.25, -0.2) is 13.6 Å². The lowest BCUT2D eigenvalue weighted by atomic mass is 10.1. The highest BCUT2D eigenvalue weighted by Gasteiger charge is 2.13. The summed E-state index contributed by atoms with van der Waals surface area (Å²) in [6, 6.07) is 1.33. The summed E-state index contributed by atoms with van der Waals surface area (Å²) in [5.74, 6) is 1.05. The summed E-state index contributed by atoms with van der Waals surface area (Å²) in [5.41, 5.74) is -0.500. The molecule has 0 atom stereocenters. The predicted molar refractivity (Wildman–Crippen MR) is 63.5 cm³/mol. The van der Waals surface area contributed by atoms with E-state index >= 15 is 0 Å². The number of benzene rings is 1. The Kier molecular flexibility index (Phi) is 5.01. The summed E-state index contributed by atoms with van der Waals surface area (Å²) in [5, 5.41) is 11.3. The molecule has 1 rings (SSSR count). The SMILES string of the molecule is CC(=O)NCCC#Cc1cc(F)c(F)cc1C(=O)O. The summed E-state index contributed by atoms with van der Waals surface area (Å²) < 4.78 is 25.9. The summed E-state index contributed by atoms with van der Waals surface area (Å²) >= 11 is 0. The zero-order chi connectivity index (χ0) is 14.4. The molecule has 6 heteroatoms. The second-order valence-corrected chi connectivity index (χ2v) is 3.65. The first-order valence-corrected chi connectivity index (χ1v) is 5.37. The molecule has 1 aromatic carbocycles. The smallest absolute Gasteiger partial charge is 0.337 e. The number of carbonyl (C=O) groups excluding carboxylic acids is 1. The van der Waals surface area contributed by atoms with Gasteiger partial charge in [-0.05, 0) is 12.1 Å². The normalized spacial score (nSPS) is 9.42. The minimum absolute atomic E-state index is 0.103. The Bertz CT molecular complexity index is 573. The average molecular weight is 267 g/mol. The number of hydrogen-bond acceptors (Lipinski definition) is 2. The zero-order valence-electron chi connectivity index (χ0n) is 10.1. The van der Waals surface area contributed by atoms with Crippen LogP contribution in [-0.4, -0.2) is 23.5 Å². The van der Waals surface area contributed by atoms with Crippen molar-refractivity contribution < 1.29 is 23.5 Å². The van der Waals surface area contributed by atoms with Crippen LogP contribution in [0.4, 0.5) is 8.78 Å². The van der Waals surface area contributed by atoms with Crippen LogP contribution in [0.2, 0.25) is 0 Å². The molecule has 0 fully saturated rings. The molecule has 0 spiro atoms. The number of aromatic carboxylic acids is 1. The van der Waals surface area contributed by atoms with Crippen molar-refractivity contribution in [2.75, 3.05) is 6.54 Å². The number of amides is 1. The van der Waals surface area contributed by atoms with E-state index in [4.69, 9.17) is 5.11 Å². The first-order chi connectivity index (χ1) is 8.91. The van der Waals surface area contributed by atoms with Crippen LogP contribution in [0.5, 0.6) is 0 Å². The number of nitrogens with one attached hydrogen (secondary N) is 1. The van der Waals surface area contributed by atoms with Crippen LogP contribution in [0.15, 0.2) is 12.1 Å². The third kappa shape index (κ3) is 4.39. The largest absolute Gasteiger partial charge is 0.478 e. The fraction of sp³-hybridized carbons (Fsp3) is 0.231. The Morgan fingerprint density at radius 2 is 1.95 bits per heavy atom. The zero-order valence-corrected chi connectivity index (χ0v) is 10.1. The maximum absolute atomic E-state index is 13.0. The van der Waals surface area contributed by atoms with Gasteiger partial charge in [0.1, 0.15) is 0 Å². The Balaban J connectivity index is 2.88. The maximum atomic E-state index is 13.0. The molecule has 100 valence electrons. The van der Waals surface area contributed by atoms with Crippen LogP contribution >= 0.6 is 0 Å². The minimum atomic E-state index is -1.38. The maximum Gasteiger partial charge on any atom is 0.337 e. The predicted octanol–water partition coefficient (Wildman–Crippen LogP) is 1.54. The number of rotatable bonds is 3. The van der Waals surface area contributed by atoms with E-state index in [2.05, 4.69) is 17.2 Å². The molecule has 0 aliphatic rings. The van der Waals surface area contributed by atoms with Crippen molar-refractivity contribution in [2.24, 2.45) is 0 Å². The van der Waals surface area contributed by atoms with E-state index in [1.807, 2.05) is 0 Å². The lowest BCUT2D eigenvalue weighted by Crippen LogP contribution is -2.20. The molecule has 0 radical (unpaired) electrons. The van der Waals surface area contributed by atoms with Crippen molar-refractivity contribution in [1.29, 1.82) is 0 Å². The van der Waals surface area contributed by atoms with Gasteiger partial charge in [0.2, 0.25) is 5.91 Å². The molecule has 1 amide bonds. The monoisotopic (exact) mass is 267 g/mol. The highest BCUT2D eigenvalue weighted by atomic mass is 19.2. The molecule has 0 heterocycles. The van der Waals surface area contributed by atoms with Crippen LogP contribution in [0.25, 0.3) is 0 Å². The average Bonchev–Trinajstić information content (AvgIpc) is 2.32. The Morgan fingerprint density at radius 3 is 2.53 bits per heavy atom. The Morgan fingerprint density at radius 1 is 1.32 bits per heavy atom. The fourth-order valence-electron chi connectivity index (χ4n) is 1.29. The number of carboxylic acid groups (broad SMARTS) is 1. The molecule has 0 saturated heterocycles. The van der Waals surface area contributed by atoms with Gasteiger partial charge in [-0.3, -0.25) is 4.79 Å². The van der Waals surface area contributed by atoms with Crippen LogP contribution in [0.1, 0.15) is 29.3 Å². The fourth-order valence-corrected chi connectivity index (χ4v) is 1.29. The van der Waals surface area contributed by atoms with Crippen LogP contribution < -0.4 is 5.32 Å². The number of carbonyl (C=O) groups is 2. The molecule has 4 nitrogen and oxygen atoms in total. The van der Waals surface area contributed by atoms with Crippen molar-refractivity contribution in [1.82, 2.24) is 5.32 Å². The van der Waals surface area contributed by atoms with Gasteiger partial charge in [0.05, 0.1) is 5.56 Å². The lowest BCUT2D eigenvalue weighted by Gasteiger charge is -2.00. The first kappa shape index (κ1) is 14.6. The van der Waals surface area contributed by atoms with E-state index in [0.29, 0.717) is 12.6 Å². The Labute approximate surface area is 108 Å². The second kappa shape index (κ2) is 6.50. The van der Waals surface area contributed by atoms with E-state index in [-0.39, 0.29) is 17.9 Å². The standard InChI is InChI=1S/C13H11F2NO3/c1-8(17)16-5-3-2-4-9-6-11(14)12(15)7-10(9)13(18)19/h6-7H,3,5H2,1H3,(H,16,17)(H,18,19). The summed E-state index contributed by atoms with van der Waals surface area (Å²) in [7, 11) is 0. The molecule has 0 aliphatic carbocycles. The molecule has 1 aromatic rings. The first-order valence-electron chi connectivity index (χ1n) is 5.37. The summed E-state index contributed by atoms with van der Waals surface area (Å²) in [6.07, 6.45) is 0.275. The number of carboxylic acids is 1. The molecule has 2 N–H and O–H groups in total. The van der Waals surface area contributed by atoms with Crippen molar-refractivity contribution >= 4 is 11.9 Å². The van der Waals surface area contributed by atoms with Crippen molar-refractivity contribution in [3.05, 3.63) is 34.9 Å². The molecule has 0 aromatic heterocycles. The molecule has 0 bridgehead atoms. The van der Waals surface area contributed by atoms with Gasteiger partial charge >= 0.3 is 5.97 Å². The number of hydrogen-bond donors (Lipinski definition) is 2. The van der Waals surface area contributed by atoms with Gasteiger partial charge in [-0.1, -0.05) is 11.8 Å². The third-order valence-electron chi connectivity index (χ3n) is 2.14. The Hall–Kier alpha value is -2.42. The van der Waals surface area contributed by atoms with Crippen molar-refractivity contribution in [3.8, 4) is 11.8 Å². The van der Waals surface area contributed by atoms with Crippen molar-refractivity contribution in [3.63, 3.8) is 0 Å². The molecule has 0 saturated carbocycles. The van der Waals surface area contributed by atoms with E-state index in [1.54, 1.807) is 0 Å². The molecular weight excluding hydrogens is 256 g/mol. The lowest BCUT2D eigenvalue weighted by molar-refractivity contribution is -0.118. The highest BCUT2D eigenvalue weighted by Crippen LogP contribution is 2.14. The topological polar surface area (TPSA) is 66.4 Å². The second-order valence-electron chi connectivity index (χ2n) is 3.65. The van der Waals surface area contributed by atoms with Gasteiger partial charge in [0.25, 0.3) is 0 Å². The van der Waals surface area contributed by atoms with Gasteiger partial charge in [0, 0.05) is 25.5 Å². The quantitative estimate of drug-likeness (QED) is 0.645. The van der Waals surface area contributed by atoms with Crippen LogP contribution in [0.3, 0.4) is 0 Å². The van der Waals surface area contributed by atoms with Gasteiger partial charge in [-0.2, -0.15) is 0 Å². The van der Waals surface area contributed by atoms with Gasteiger partial charge in [0.15, 0.2) is 11.6 Å². The molecular formula is C13H11F2NO3. The summed E-state index contributed by atoms with van der Waals surface area (Å²) in [6.45, 7) is 1.65. The van der Waals surface area contributed by atoms with Gasteiger partial charge in [-0.15, -0.1) is 0 Å². The van der Waals surface area contributed by atoms with E-state index in [9.17, 15) is 18.4 Å². The van der Waals surface area contributed by atoms with Crippen LogP contribution in [-0.2, 0) is 4.79 Å². The van der Waals surface area contributed by atoms with E-state index in [1.165, 1.54) is 6.92 Å². The third-order valence-corrected chi connectivity index (χ3v) is 2.14. The summed E-state index contributed by atoms with van der Waals surface area (Å²) in [4.78, 5) is 21.4. The van der Waals surface area contributed by atoms with Crippen molar-refractivity contribution in [2.45, 2.75) is 13.3 Å². The highest BCUT2D eigenvalue weighted by molar-refractivity contribution is 5.90. The van der Waals surface area contributed by atoms with E-state index < -0.39 is 23.2 Å². The van der Waals surface area contributed by atoms with E-state index in [0.717, 1.165) is 6.07 Å². The number of halogens is 2. The molecule has 0 unspecified atom stereocenters. The minimum Gasteiger partial charge on any atom is -0.478 e.